The Labute approximate surface area is 152 Å². The molecular weight excluding hydrogens is 364 g/mol. The zero-order valence-corrected chi connectivity index (χ0v) is 17.2. The van der Waals surface area contributed by atoms with Crippen LogP contribution >= 0.6 is 0 Å². The Bertz CT molecular complexity index is 535. The molecular formula is C15H31N2O6SSi+. The van der Waals surface area contributed by atoms with E-state index in [-0.39, 0.29) is 5.75 Å². The van der Waals surface area contributed by atoms with Gasteiger partial charge in [-0.2, -0.15) is 4.58 Å². The van der Waals surface area contributed by atoms with Crippen molar-refractivity contribution in [3.8, 4) is 0 Å². The van der Waals surface area contributed by atoms with Crippen LogP contribution in [0.3, 0.4) is 0 Å². The number of rotatable bonds is 14. The molecule has 0 aromatic heterocycles. The number of quaternary nitrogens is 1. The Morgan fingerprint density at radius 3 is 2.20 bits per heavy atom. The quantitative estimate of drug-likeness (QED) is 0.248. The van der Waals surface area contributed by atoms with Gasteiger partial charge in [0.05, 0.1) is 16.7 Å². The molecule has 0 aromatic carbocycles. The number of hydrogen-bond donors (Lipinski definition) is 1. The van der Waals surface area contributed by atoms with Gasteiger partial charge in [-0.25, -0.2) is 13.3 Å². The third-order valence-corrected chi connectivity index (χ3v) is 7.60. The Hall–Kier alpha value is -0.623. The van der Waals surface area contributed by atoms with E-state index in [4.69, 9.17) is 13.3 Å². The fourth-order valence-electron chi connectivity index (χ4n) is 2.71. The molecule has 1 heterocycles. The summed E-state index contributed by atoms with van der Waals surface area (Å²) in [6.07, 6.45) is 7.13. The molecule has 1 atom stereocenters. The molecule has 0 fully saturated rings. The maximum Gasteiger partial charge on any atom is 0.501 e. The summed E-state index contributed by atoms with van der Waals surface area (Å²) in [7, 11) is -6.73. The molecule has 146 valence electrons. The summed E-state index contributed by atoms with van der Waals surface area (Å²) in [6, 6.07) is 0.766. The van der Waals surface area contributed by atoms with Crippen LogP contribution in [0.5, 0.6) is 0 Å². The molecule has 10 heteroatoms. The van der Waals surface area contributed by atoms with Crippen molar-refractivity contribution in [2.75, 3.05) is 38.7 Å². The lowest BCUT2D eigenvalue weighted by atomic mass is 10.4. The van der Waals surface area contributed by atoms with Gasteiger partial charge in [0.2, 0.25) is 6.20 Å². The van der Waals surface area contributed by atoms with E-state index in [0.717, 1.165) is 23.9 Å². The van der Waals surface area contributed by atoms with E-state index < -0.39 is 18.9 Å². The second kappa shape index (κ2) is 11.2. The predicted octanol–water partition coefficient (Wildman–Crippen LogP) is -0.229. The Balaban J connectivity index is 2.43. The Morgan fingerprint density at radius 1 is 1.08 bits per heavy atom. The average Bonchev–Trinajstić information content (AvgIpc) is 2.94. The van der Waals surface area contributed by atoms with Crippen molar-refractivity contribution >= 4 is 25.3 Å². The monoisotopic (exact) mass is 395 g/mol. The van der Waals surface area contributed by atoms with Crippen molar-refractivity contribution < 1.29 is 35.7 Å². The van der Waals surface area contributed by atoms with Crippen LogP contribution in [0, 0.1) is 0 Å². The lowest BCUT2D eigenvalue weighted by Gasteiger charge is -2.28. The molecule has 1 N–H and O–H groups in total. The van der Waals surface area contributed by atoms with Crippen LogP contribution in [0.4, 0.5) is 0 Å². The van der Waals surface area contributed by atoms with Gasteiger partial charge in [0, 0.05) is 44.5 Å². The zero-order valence-electron chi connectivity index (χ0n) is 15.4. The highest BCUT2D eigenvalue weighted by atomic mass is 32.2. The van der Waals surface area contributed by atoms with Gasteiger partial charge < -0.3 is 17.8 Å². The standard InChI is InChI=1S/C15H30N2O6SSi/c1-4-21-25(22-5-2,23-6-3)14-8-10-17-12-11-16(15-17)9-7-13-24(18,19)20/h11-12,15H,4-10,13-14H2,1-3H3/p+1. The fourth-order valence-corrected chi connectivity index (χ4v) is 5.81. The van der Waals surface area contributed by atoms with E-state index in [1.165, 1.54) is 0 Å². The van der Waals surface area contributed by atoms with E-state index in [1.807, 2.05) is 44.1 Å². The Morgan fingerprint density at radius 2 is 1.68 bits per heavy atom. The molecule has 1 unspecified atom stereocenters. The molecule has 0 saturated carbocycles. The zero-order chi connectivity index (χ0) is 18.8. The number of nitrogens with zero attached hydrogens (tertiary/aromatic N) is 1. The minimum atomic E-state index is -4.13. The van der Waals surface area contributed by atoms with Crippen LogP contribution in [0.1, 0.15) is 33.6 Å². The van der Waals surface area contributed by atoms with Gasteiger partial charge in [0.25, 0.3) is 0 Å². The molecule has 1 aliphatic rings. The van der Waals surface area contributed by atoms with Gasteiger partial charge in [-0.05, 0) is 20.8 Å². The summed E-state index contributed by atoms with van der Waals surface area (Å²) in [4.78, 5) is 1.16. The summed E-state index contributed by atoms with van der Waals surface area (Å²) in [6.45, 7) is 8.96. The van der Waals surface area contributed by atoms with Crippen molar-refractivity contribution in [2.45, 2.75) is 39.7 Å². The van der Waals surface area contributed by atoms with Gasteiger partial charge in [-0.3, -0.25) is 0 Å². The number of nitrogens with one attached hydrogen (secondary N) is 1. The molecule has 8 nitrogen and oxygen atoms in total. The van der Waals surface area contributed by atoms with E-state index in [9.17, 15) is 13.0 Å². The summed E-state index contributed by atoms with van der Waals surface area (Å²) < 4.78 is 51.3. The molecule has 0 aliphatic carbocycles. The first kappa shape index (κ1) is 22.4. The fraction of sp³-hybridized carbons (Fsp3) is 0.800. The normalized spacial score (nSPS) is 17.9. The summed E-state index contributed by atoms with van der Waals surface area (Å²) in [5, 5.41) is 0. The third-order valence-electron chi connectivity index (χ3n) is 3.66. The Kier molecular flexibility index (Phi) is 10.0. The predicted molar refractivity (Wildman–Crippen MR) is 95.4 cm³/mol. The van der Waals surface area contributed by atoms with Crippen molar-refractivity contribution in [3.05, 3.63) is 12.4 Å². The van der Waals surface area contributed by atoms with Crippen molar-refractivity contribution in [2.24, 2.45) is 0 Å². The van der Waals surface area contributed by atoms with Gasteiger partial charge in [0.1, 0.15) is 0 Å². The first-order valence-electron chi connectivity index (χ1n) is 8.84. The smallest absolute Gasteiger partial charge is 0.501 e. The molecule has 25 heavy (non-hydrogen) atoms. The highest BCUT2D eigenvalue weighted by Crippen LogP contribution is 2.17. The molecule has 1 aliphatic heterocycles. The second-order valence-corrected chi connectivity index (χ2v) is 9.96. The SMILES string of the molecule is CCO[Si](CCC[NH+]1C=C[N+](CCCS(=O)(=O)[O-])=C1)(OCC)OCC. The highest BCUT2D eigenvalue weighted by molar-refractivity contribution is 7.85. The van der Waals surface area contributed by atoms with Gasteiger partial charge in [0.15, 0.2) is 12.7 Å². The van der Waals surface area contributed by atoms with Gasteiger partial charge >= 0.3 is 15.1 Å². The molecule has 0 saturated heterocycles. The van der Waals surface area contributed by atoms with Crippen LogP contribution < -0.4 is 4.90 Å². The van der Waals surface area contributed by atoms with Crippen LogP contribution in [-0.2, 0) is 23.4 Å². The number of hydrogen-bond acceptors (Lipinski definition) is 6. The summed E-state index contributed by atoms with van der Waals surface area (Å²) >= 11 is 0. The molecule has 1 rings (SSSR count). The summed E-state index contributed by atoms with van der Waals surface area (Å²) in [5.41, 5.74) is 0. The van der Waals surface area contributed by atoms with Crippen LogP contribution in [0.2, 0.25) is 6.04 Å². The van der Waals surface area contributed by atoms with Crippen LogP contribution in [-0.4, -0.2) is 71.4 Å². The largest absolute Gasteiger partial charge is 0.748 e. The first-order chi connectivity index (χ1) is 11.8. The maximum atomic E-state index is 10.6. The van der Waals surface area contributed by atoms with E-state index in [0.29, 0.717) is 32.8 Å². The van der Waals surface area contributed by atoms with E-state index in [1.54, 1.807) is 0 Å². The highest BCUT2D eigenvalue weighted by Gasteiger charge is 2.40. The first-order valence-corrected chi connectivity index (χ1v) is 12.3. The van der Waals surface area contributed by atoms with E-state index >= 15 is 0 Å². The lowest BCUT2D eigenvalue weighted by molar-refractivity contribution is -0.749. The van der Waals surface area contributed by atoms with Crippen LogP contribution in [0.25, 0.3) is 0 Å². The molecule has 0 aromatic rings. The average molecular weight is 396 g/mol. The summed E-state index contributed by atoms with van der Waals surface area (Å²) in [5.74, 6) is -0.328. The lowest BCUT2D eigenvalue weighted by Crippen LogP contribution is -3.06. The third kappa shape index (κ3) is 9.04. The molecule has 0 spiro atoms. The second-order valence-electron chi connectivity index (χ2n) is 5.71. The molecule has 0 radical (unpaired) electrons. The van der Waals surface area contributed by atoms with Gasteiger partial charge in [-0.1, -0.05) is 0 Å². The minimum absolute atomic E-state index is 0.328. The van der Waals surface area contributed by atoms with E-state index in [2.05, 4.69) is 0 Å². The molecule has 0 bridgehead atoms. The minimum Gasteiger partial charge on any atom is -0.748 e. The van der Waals surface area contributed by atoms with Crippen molar-refractivity contribution in [3.63, 3.8) is 0 Å². The topological polar surface area (TPSA) is 92.3 Å². The van der Waals surface area contributed by atoms with Crippen molar-refractivity contribution in [1.29, 1.82) is 0 Å². The van der Waals surface area contributed by atoms with Crippen molar-refractivity contribution in [1.82, 2.24) is 0 Å². The molecule has 0 amide bonds. The maximum absolute atomic E-state index is 10.6. The van der Waals surface area contributed by atoms with Gasteiger partial charge in [-0.15, -0.1) is 0 Å². The van der Waals surface area contributed by atoms with Crippen LogP contribution in [0.15, 0.2) is 12.4 Å².